The maximum atomic E-state index is 3.81. The van der Waals surface area contributed by atoms with Crippen molar-refractivity contribution in [2.45, 2.75) is 69.9 Å². The van der Waals surface area contributed by atoms with Gasteiger partial charge in [-0.3, -0.25) is 0 Å². The van der Waals surface area contributed by atoms with Crippen molar-refractivity contribution in [1.29, 1.82) is 0 Å². The van der Waals surface area contributed by atoms with E-state index in [1.165, 1.54) is 77.4 Å². The van der Waals surface area contributed by atoms with Crippen molar-refractivity contribution in [3.63, 3.8) is 0 Å². The highest BCUT2D eigenvalue weighted by Gasteiger charge is 2.27. The highest BCUT2D eigenvalue weighted by Crippen LogP contribution is 2.28. The SMILES string of the molecule is C1CCC(CCN2CCCC(NC3CC3)C2)C1. The molecule has 1 unspecified atom stereocenters. The van der Waals surface area contributed by atoms with Crippen LogP contribution in [-0.4, -0.2) is 36.6 Å². The molecule has 1 saturated heterocycles. The highest BCUT2D eigenvalue weighted by atomic mass is 15.2. The van der Waals surface area contributed by atoms with Gasteiger partial charge in [0.25, 0.3) is 0 Å². The monoisotopic (exact) mass is 236 g/mol. The maximum Gasteiger partial charge on any atom is 0.0198 e. The molecule has 98 valence electrons. The number of nitrogens with one attached hydrogen (secondary N) is 1. The lowest BCUT2D eigenvalue weighted by Gasteiger charge is -2.34. The fourth-order valence-electron chi connectivity index (χ4n) is 3.64. The van der Waals surface area contributed by atoms with Crippen molar-refractivity contribution in [1.82, 2.24) is 10.2 Å². The Bertz CT molecular complexity index is 231. The van der Waals surface area contributed by atoms with Gasteiger partial charge in [-0.15, -0.1) is 0 Å². The second kappa shape index (κ2) is 5.71. The van der Waals surface area contributed by atoms with Crippen LogP contribution in [0.5, 0.6) is 0 Å². The fraction of sp³-hybridized carbons (Fsp3) is 1.00. The van der Waals surface area contributed by atoms with Crippen LogP contribution in [0.25, 0.3) is 0 Å². The molecule has 1 heterocycles. The van der Waals surface area contributed by atoms with Crippen LogP contribution >= 0.6 is 0 Å². The molecule has 1 aliphatic heterocycles. The fourth-order valence-corrected chi connectivity index (χ4v) is 3.64. The van der Waals surface area contributed by atoms with Gasteiger partial charge in [0, 0.05) is 18.6 Å². The van der Waals surface area contributed by atoms with E-state index in [2.05, 4.69) is 10.2 Å². The van der Waals surface area contributed by atoms with Gasteiger partial charge >= 0.3 is 0 Å². The molecule has 3 fully saturated rings. The van der Waals surface area contributed by atoms with Crippen molar-refractivity contribution < 1.29 is 0 Å². The molecule has 0 amide bonds. The third kappa shape index (κ3) is 3.69. The van der Waals surface area contributed by atoms with Gasteiger partial charge in [-0.1, -0.05) is 25.7 Å². The summed E-state index contributed by atoms with van der Waals surface area (Å²) < 4.78 is 0. The van der Waals surface area contributed by atoms with Crippen LogP contribution in [0.4, 0.5) is 0 Å². The van der Waals surface area contributed by atoms with E-state index in [0.717, 1.165) is 18.0 Å². The summed E-state index contributed by atoms with van der Waals surface area (Å²) in [5.74, 6) is 1.06. The Kier molecular flexibility index (Phi) is 4.02. The molecule has 17 heavy (non-hydrogen) atoms. The predicted octanol–water partition coefficient (Wildman–Crippen LogP) is 2.78. The van der Waals surface area contributed by atoms with E-state index < -0.39 is 0 Å². The molecular weight excluding hydrogens is 208 g/mol. The molecule has 0 bridgehead atoms. The van der Waals surface area contributed by atoms with Crippen molar-refractivity contribution in [2.24, 2.45) is 5.92 Å². The van der Waals surface area contributed by atoms with E-state index >= 15 is 0 Å². The van der Waals surface area contributed by atoms with Gasteiger partial charge in [0.15, 0.2) is 0 Å². The van der Waals surface area contributed by atoms with Gasteiger partial charge in [0.1, 0.15) is 0 Å². The lowest BCUT2D eigenvalue weighted by atomic mass is 10.0. The zero-order valence-electron chi connectivity index (χ0n) is 11.2. The van der Waals surface area contributed by atoms with Gasteiger partial charge in [-0.2, -0.15) is 0 Å². The molecule has 0 spiro atoms. The van der Waals surface area contributed by atoms with Crippen LogP contribution in [0.2, 0.25) is 0 Å². The average Bonchev–Trinajstić information content (AvgIpc) is 3.00. The first-order valence-electron chi connectivity index (χ1n) is 7.88. The van der Waals surface area contributed by atoms with E-state index in [9.17, 15) is 0 Å². The summed E-state index contributed by atoms with van der Waals surface area (Å²) in [4.78, 5) is 2.72. The second-order valence-corrected chi connectivity index (χ2v) is 6.52. The van der Waals surface area contributed by atoms with Gasteiger partial charge in [0.05, 0.1) is 0 Å². The largest absolute Gasteiger partial charge is 0.310 e. The minimum atomic E-state index is 0.805. The average molecular weight is 236 g/mol. The van der Waals surface area contributed by atoms with Gasteiger partial charge in [-0.05, 0) is 51.1 Å². The lowest BCUT2D eigenvalue weighted by Crippen LogP contribution is -2.46. The van der Waals surface area contributed by atoms with Crippen molar-refractivity contribution in [3.05, 3.63) is 0 Å². The molecule has 1 N–H and O–H groups in total. The molecular formula is C15H28N2. The Morgan fingerprint density at radius 3 is 2.47 bits per heavy atom. The quantitative estimate of drug-likeness (QED) is 0.789. The second-order valence-electron chi connectivity index (χ2n) is 6.52. The Balaban J connectivity index is 1.36. The smallest absolute Gasteiger partial charge is 0.0198 e. The van der Waals surface area contributed by atoms with Gasteiger partial charge in [0.2, 0.25) is 0 Å². The molecule has 0 aromatic heterocycles. The minimum Gasteiger partial charge on any atom is -0.310 e. The van der Waals surface area contributed by atoms with Crippen LogP contribution in [0, 0.1) is 5.92 Å². The molecule has 0 aromatic carbocycles. The normalized spacial score (nSPS) is 32.1. The Hall–Kier alpha value is -0.0800. The number of rotatable bonds is 5. The molecule has 2 heteroatoms. The molecule has 1 atom stereocenters. The Morgan fingerprint density at radius 2 is 1.71 bits per heavy atom. The summed E-state index contributed by atoms with van der Waals surface area (Å²) in [5.41, 5.74) is 0. The first kappa shape index (κ1) is 12.0. The summed E-state index contributed by atoms with van der Waals surface area (Å²) in [6.07, 6.45) is 13.2. The van der Waals surface area contributed by atoms with Crippen molar-refractivity contribution >= 4 is 0 Å². The zero-order valence-corrected chi connectivity index (χ0v) is 11.2. The van der Waals surface area contributed by atoms with E-state index in [1.54, 1.807) is 0 Å². The molecule has 3 rings (SSSR count). The number of piperidine rings is 1. The number of nitrogens with zero attached hydrogens (tertiary/aromatic N) is 1. The number of hydrogen-bond donors (Lipinski definition) is 1. The van der Waals surface area contributed by atoms with Gasteiger partial charge < -0.3 is 10.2 Å². The van der Waals surface area contributed by atoms with Crippen molar-refractivity contribution in [2.75, 3.05) is 19.6 Å². The molecule has 0 aromatic rings. The zero-order chi connectivity index (χ0) is 11.5. The standard InChI is InChI=1S/C15H28N2/c1-2-5-13(4-1)9-11-17-10-3-6-15(12-17)16-14-7-8-14/h13-16H,1-12H2. The van der Waals surface area contributed by atoms with Crippen LogP contribution in [0.1, 0.15) is 57.8 Å². The van der Waals surface area contributed by atoms with Gasteiger partial charge in [-0.25, -0.2) is 0 Å². The minimum absolute atomic E-state index is 0.805. The topological polar surface area (TPSA) is 15.3 Å². The predicted molar refractivity (Wildman–Crippen MR) is 72.2 cm³/mol. The summed E-state index contributed by atoms with van der Waals surface area (Å²) in [6.45, 7) is 4.05. The summed E-state index contributed by atoms with van der Waals surface area (Å²) in [7, 11) is 0. The third-order valence-electron chi connectivity index (χ3n) is 4.88. The number of likely N-dealkylation sites (tertiary alicyclic amines) is 1. The maximum absolute atomic E-state index is 3.81. The summed E-state index contributed by atoms with van der Waals surface area (Å²) in [5, 5.41) is 3.81. The van der Waals surface area contributed by atoms with Crippen molar-refractivity contribution in [3.8, 4) is 0 Å². The molecule has 3 aliphatic rings. The Labute approximate surface area is 106 Å². The first-order chi connectivity index (χ1) is 8.40. The molecule has 0 radical (unpaired) electrons. The summed E-state index contributed by atoms with van der Waals surface area (Å²) >= 11 is 0. The van der Waals surface area contributed by atoms with Crippen LogP contribution in [0.3, 0.4) is 0 Å². The third-order valence-corrected chi connectivity index (χ3v) is 4.88. The van der Waals surface area contributed by atoms with Crippen LogP contribution in [0.15, 0.2) is 0 Å². The van der Waals surface area contributed by atoms with Crippen LogP contribution < -0.4 is 5.32 Å². The summed E-state index contributed by atoms with van der Waals surface area (Å²) in [6, 6.07) is 1.69. The highest BCUT2D eigenvalue weighted by molar-refractivity contribution is 4.88. The van der Waals surface area contributed by atoms with E-state index in [1.807, 2.05) is 0 Å². The molecule has 2 nitrogen and oxygen atoms in total. The number of hydrogen-bond acceptors (Lipinski definition) is 2. The molecule has 2 saturated carbocycles. The van der Waals surface area contributed by atoms with E-state index in [0.29, 0.717) is 0 Å². The van der Waals surface area contributed by atoms with Crippen LogP contribution in [-0.2, 0) is 0 Å². The first-order valence-corrected chi connectivity index (χ1v) is 7.88. The van der Waals surface area contributed by atoms with E-state index in [-0.39, 0.29) is 0 Å². The molecule has 2 aliphatic carbocycles. The lowest BCUT2D eigenvalue weighted by molar-refractivity contribution is 0.179. The Morgan fingerprint density at radius 1 is 0.882 bits per heavy atom. The van der Waals surface area contributed by atoms with E-state index in [4.69, 9.17) is 0 Å².